The summed E-state index contributed by atoms with van der Waals surface area (Å²) < 4.78 is 50.8. The maximum Gasteiger partial charge on any atom is 0.410 e. The van der Waals surface area contributed by atoms with Crippen molar-refractivity contribution in [3.05, 3.63) is 41.5 Å². The molecule has 4 aliphatic heterocycles. The van der Waals surface area contributed by atoms with Crippen molar-refractivity contribution in [1.82, 2.24) is 30.1 Å². The molecule has 59 heavy (non-hydrogen) atoms. The van der Waals surface area contributed by atoms with Crippen LogP contribution in [0.25, 0.3) is 0 Å². The molecule has 324 valence electrons. The van der Waals surface area contributed by atoms with Gasteiger partial charge in [-0.3, -0.25) is 28.9 Å². The fraction of sp³-hybridized carbons (Fsp3) is 0.683. The van der Waals surface area contributed by atoms with Gasteiger partial charge in [0.05, 0.1) is 25.0 Å². The number of fused-ring (bicyclic) bond motifs is 3. The number of alkyl carbamates (subject to hydrolysis) is 1. The van der Waals surface area contributed by atoms with Gasteiger partial charge in [-0.2, -0.15) is 0 Å². The summed E-state index contributed by atoms with van der Waals surface area (Å²) in [6.07, 6.45) is 5.52. The van der Waals surface area contributed by atoms with E-state index in [1.165, 1.54) is 4.90 Å². The number of morpholine rings is 1. The van der Waals surface area contributed by atoms with Crippen molar-refractivity contribution < 1.29 is 51.3 Å². The molecule has 17 nitrogen and oxygen atoms in total. The zero-order valence-corrected chi connectivity index (χ0v) is 35.1. The average Bonchev–Trinajstić information content (AvgIpc) is 4.07. The Balaban J connectivity index is 1.06. The van der Waals surface area contributed by atoms with Gasteiger partial charge in [-0.15, -0.1) is 0 Å². The van der Waals surface area contributed by atoms with Crippen LogP contribution in [0.4, 0.5) is 9.59 Å². The minimum absolute atomic E-state index is 0.0804. The largest absolute Gasteiger partial charge is 0.492 e. The van der Waals surface area contributed by atoms with Crippen LogP contribution in [0.2, 0.25) is 0 Å². The Kier molecular flexibility index (Phi) is 12.8. The molecule has 5 amide bonds. The molecule has 0 radical (unpaired) electrons. The second-order valence-electron chi connectivity index (χ2n) is 17.5. The Morgan fingerprint density at radius 1 is 1.02 bits per heavy atom. The number of carbonyl (C=O) groups excluding carboxylic acids is 5. The first-order chi connectivity index (χ1) is 28.1. The lowest BCUT2D eigenvalue weighted by Gasteiger charge is -2.30. The van der Waals surface area contributed by atoms with Crippen molar-refractivity contribution >= 4 is 39.9 Å². The molecule has 7 rings (SSSR count). The highest BCUT2D eigenvalue weighted by Crippen LogP contribution is 2.46. The lowest BCUT2D eigenvalue weighted by atomic mass is 10.0. The first kappa shape index (κ1) is 42.7. The minimum atomic E-state index is -3.92. The van der Waals surface area contributed by atoms with Crippen LogP contribution in [0.1, 0.15) is 89.7 Å². The van der Waals surface area contributed by atoms with Crippen molar-refractivity contribution in [1.29, 1.82) is 0 Å². The first-order valence-corrected chi connectivity index (χ1v) is 22.5. The minimum Gasteiger partial charge on any atom is -0.492 e. The predicted octanol–water partition coefficient (Wildman–Crippen LogP) is 2.72. The summed E-state index contributed by atoms with van der Waals surface area (Å²) in [5.41, 5.74) is -0.493. The SMILES string of the molecule is CC(C)(C)OC(=O)N[C@H]1CCCCC/C=C\[C@H]2C[C@@]2(C(=O)NS(=O)(=O)C2CC2)NC(=O)C2C[C@@H](OC(=O)N3Cc4ccc(OCCN5CCOCC5)cc4C3)CN2C1=O. The topological polar surface area (TPSA) is 202 Å². The van der Waals surface area contributed by atoms with Crippen LogP contribution in [0.15, 0.2) is 30.4 Å². The number of carbonyl (C=O) groups is 5. The molecule has 2 saturated carbocycles. The van der Waals surface area contributed by atoms with Gasteiger partial charge in [-0.25, -0.2) is 18.0 Å². The monoisotopic (exact) mass is 842 g/mol. The van der Waals surface area contributed by atoms with Gasteiger partial charge in [0.2, 0.25) is 21.8 Å². The van der Waals surface area contributed by atoms with Crippen molar-refractivity contribution in [2.75, 3.05) is 46.0 Å². The molecule has 0 spiro atoms. The number of ether oxygens (including phenoxy) is 4. The van der Waals surface area contributed by atoms with Crippen molar-refractivity contribution in [2.24, 2.45) is 5.92 Å². The van der Waals surface area contributed by atoms with Crippen molar-refractivity contribution in [3.8, 4) is 5.75 Å². The molecule has 4 heterocycles. The Hall–Kier alpha value is -4.42. The number of hydrogen-bond donors (Lipinski definition) is 3. The van der Waals surface area contributed by atoms with Gasteiger partial charge in [-0.05, 0) is 82.6 Å². The summed E-state index contributed by atoms with van der Waals surface area (Å²) in [7, 11) is -3.92. The van der Waals surface area contributed by atoms with Crippen molar-refractivity contribution in [3.63, 3.8) is 0 Å². The van der Waals surface area contributed by atoms with Crippen molar-refractivity contribution in [2.45, 2.75) is 126 Å². The van der Waals surface area contributed by atoms with Gasteiger partial charge in [-0.1, -0.05) is 31.1 Å². The Morgan fingerprint density at radius 3 is 2.53 bits per heavy atom. The Labute approximate surface area is 345 Å². The number of allylic oxidation sites excluding steroid dienone is 1. The molecule has 0 bridgehead atoms. The molecular weight excluding hydrogens is 785 g/mol. The molecule has 1 aromatic rings. The fourth-order valence-corrected chi connectivity index (χ4v) is 9.59. The molecule has 18 heteroatoms. The normalized spacial score (nSPS) is 28.5. The van der Waals surface area contributed by atoms with E-state index in [9.17, 15) is 32.4 Å². The molecule has 2 saturated heterocycles. The summed E-state index contributed by atoms with van der Waals surface area (Å²) in [6.45, 7) is 10.1. The molecule has 4 fully saturated rings. The van der Waals surface area contributed by atoms with Crippen LogP contribution in [0.5, 0.6) is 5.75 Å². The van der Waals surface area contributed by atoms with E-state index in [4.69, 9.17) is 18.9 Å². The summed E-state index contributed by atoms with van der Waals surface area (Å²) in [5.74, 6) is -1.82. The van der Waals surface area contributed by atoms with E-state index in [-0.39, 0.29) is 32.4 Å². The molecule has 6 aliphatic rings. The van der Waals surface area contributed by atoms with Gasteiger partial charge < -0.3 is 34.5 Å². The maximum absolute atomic E-state index is 14.5. The highest BCUT2D eigenvalue weighted by Gasteiger charge is 2.62. The van der Waals surface area contributed by atoms with Gasteiger partial charge in [0.1, 0.15) is 41.7 Å². The van der Waals surface area contributed by atoms with E-state index < -0.39 is 80.4 Å². The van der Waals surface area contributed by atoms with E-state index in [2.05, 4.69) is 20.3 Å². The van der Waals surface area contributed by atoms with Gasteiger partial charge >= 0.3 is 12.2 Å². The van der Waals surface area contributed by atoms with Gasteiger partial charge in [0.25, 0.3) is 5.91 Å². The smallest absolute Gasteiger partial charge is 0.410 e. The zero-order valence-electron chi connectivity index (χ0n) is 34.2. The fourth-order valence-electron chi connectivity index (χ4n) is 8.22. The maximum atomic E-state index is 14.5. The molecule has 0 aromatic heterocycles. The standard InChI is InChI=1S/C41H58N6O11S/c1-40(2,3)58-38(51)42-33-10-8-6-4-5-7-9-29-23-41(29,37(50)44-59(53,54)32-13-14-32)43-35(48)34-22-31(26-47(34)36(33)49)57-39(52)46-24-27-11-12-30(21-28(27)25-46)56-20-17-45-15-18-55-19-16-45/h7,9,11-12,21,29,31-34H,4-6,8,10,13-20,22-26H2,1-3H3,(H,42,51)(H,43,48)(H,44,50)/b9-7-/t29-,31+,33-,34?,41+/m0/s1. The summed E-state index contributed by atoms with van der Waals surface area (Å²) in [6, 6.07) is 3.49. The predicted molar refractivity (Wildman–Crippen MR) is 213 cm³/mol. The first-order valence-electron chi connectivity index (χ1n) is 21.0. The second kappa shape index (κ2) is 17.7. The number of nitrogens with one attached hydrogen (secondary N) is 3. The molecule has 3 N–H and O–H groups in total. The lowest BCUT2D eigenvalue weighted by molar-refractivity contribution is -0.141. The van der Waals surface area contributed by atoms with Crippen LogP contribution in [-0.4, -0.2) is 134 Å². The number of benzene rings is 1. The van der Waals surface area contributed by atoms with Crippen LogP contribution in [-0.2, 0) is 51.7 Å². The van der Waals surface area contributed by atoms with E-state index in [0.717, 1.165) is 43.6 Å². The number of amides is 5. The highest BCUT2D eigenvalue weighted by molar-refractivity contribution is 7.91. The summed E-state index contributed by atoms with van der Waals surface area (Å²) in [4.78, 5) is 74.4. The van der Waals surface area contributed by atoms with Crippen LogP contribution in [0.3, 0.4) is 0 Å². The molecular formula is C41H58N6O11S. The number of hydrogen-bond acceptors (Lipinski definition) is 12. The lowest BCUT2D eigenvalue weighted by Crippen LogP contribution is -2.58. The third kappa shape index (κ3) is 10.7. The van der Waals surface area contributed by atoms with E-state index in [1.54, 1.807) is 25.7 Å². The number of rotatable bonds is 9. The van der Waals surface area contributed by atoms with E-state index in [0.29, 0.717) is 57.8 Å². The highest BCUT2D eigenvalue weighted by atomic mass is 32.2. The second-order valence-corrected chi connectivity index (χ2v) is 19.5. The zero-order chi connectivity index (χ0) is 42.0. The quantitative estimate of drug-likeness (QED) is 0.308. The number of nitrogens with zero attached hydrogens (tertiary/aromatic N) is 3. The van der Waals surface area contributed by atoms with Crippen LogP contribution >= 0.6 is 0 Å². The van der Waals surface area contributed by atoms with E-state index >= 15 is 0 Å². The van der Waals surface area contributed by atoms with E-state index in [1.807, 2.05) is 30.4 Å². The third-order valence-corrected chi connectivity index (χ3v) is 13.6. The third-order valence-electron chi connectivity index (χ3n) is 11.7. The van der Waals surface area contributed by atoms with Crippen LogP contribution < -0.4 is 20.1 Å². The Morgan fingerprint density at radius 2 is 1.78 bits per heavy atom. The van der Waals surface area contributed by atoms with Crippen LogP contribution in [0, 0.1) is 5.92 Å². The molecule has 1 aromatic carbocycles. The average molecular weight is 843 g/mol. The molecule has 2 aliphatic carbocycles. The Bertz CT molecular complexity index is 1910. The molecule has 1 unspecified atom stereocenters. The summed E-state index contributed by atoms with van der Waals surface area (Å²) >= 11 is 0. The van der Waals surface area contributed by atoms with Gasteiger partial charge in [0.15, 0.2) is 0 Å². The molecule has 5 atom stereocenters. The van der Waals surface area contributed by atoms with Gasteiger partial charge in [0, 0.05) is 45.1 Å². The number of sulfonamides is 1. The summed E-state index contributed by atoms with van der Waals surface area (Å²) in [5, 5.41) is 4.90.